The van der Waals surface area contributed by atoms with Crippen molar-refractivity contribution in [3.63, 3.8) is 0 Å². The Morgan fingerprint density at radius 1 is 1.13 bits per heavy atom. The molecule has 9 nitrogen and oxygen atoms in total. The van der Waals surface area contributed by atoms with Crippen LogP contribution in [0, 0.1) is 12.7 Å². The van der Waals surface area contributed by atoms with Crippen LogP contribution in [-0.4, -0.2) is 43.6 Å². The van der Waals surface area contributed by atoms with Gasteiger partial charge < -0.3 is 16.0 Å². The topological polar surface area (TPSA) is 109 Å². The number of benzene rings is 1. The molecule has 0 radical (unpaired) electrons. The number of anilines is 3. The first-order valence-electron chi connectivity index (χ1n) is 9.27. The van der Waals surface area contributed by atoms with Crippen LogP contribution in [0.15, 0.2) is 55.0 Å². The molecule has 3 aromatic heterocycles. The summed E-state index contributed by atoms with van der Waals surface area (Å²) in [6, 6.07) is 11.1. The smallest absolute Gasteiger partial charge is 0.255 e. The molecule has 1 aromatic carbocycles. The van der Waals surface area contributed by atoms with Crippen LogP contribution < -0.4 is 16.0 Å². The van der Waals surface area contributed by atoms with Crippen LogP contribution >= 0.6 is 0 Å². The highest BCUT2D eigenvalue weighted by atomic mass is 19.1. The molecule has 0 aliphatic heterocycles. The van der Waals surface area contributed by atoms with E-state index in [0.29, 0.717) is 35.9 Å². The van der Waals surface area contributed by atoms with E-state index in [-0.39, 0.29) is 11.7 Å². The Kier molecular flexibility index (Phi) is 5.46. The summed E-state index contributed by atoms with van der Waals surface area (Å²) in [7, 11) is 0. The predicted molar refractivity (Wildman–Crippen MR) is 110 cm³/mol. The average molecular weight is 406 g/mol. The zero-order valence-electron chi connectivity index (χ0n) is 16.1. The normalized spacial score (nSPS) is 10.7. The first-order chi connectivity index (χ1) is 14.6. The van der Waals surface area contributed by atoms with Crippen molar-refractivity contribution in [2.45, 2.75) is 6.92 Å². The number of pyridine rings is 1. The number of nitrogens with one attached hydrogen (secondary N) is 3. The number of amides is 1. The number of rotatable bonds is 7. The van der Waals surface area contributed by atoms with Crippen LogP contribution in [-0.2, 0) is 0 Å². The van der Waals surface area contributed by atoms with E-state index >= 15 is 0 Å². The van der Waals surface area contributed by atoms with Gasteiger partial charge in [0.25, 0.3) is 11.7 Å². The summed E-state index contributed by atoms with van der Waals surface area (Å²) in [4.78, 5) is 25.2. The summed E-state index contributed by atoms with van der Waals surface area (Å²) in [5.74, 6) is 0.924. The van der Waals surface area contributed by atoms with Crippen molar-refractivity contribution in [1.82, 2.24) is 29.9 Å². The van der Waals surface area contributed by atoms with Crippen molar-refractivity contribution in [2.75, 3.05) is 23.7 Å². The van der Waals surface area contributed by atoms with E-state index in [2.05, 4.69) is 36.0 Å². The maximum atomic E-state index is 13.4. The van der Waals surface area contributed by atoms with E-state index in [0.717, 1.165) is 11.5 Å². The molecule has 1 amide bonds. The van der Waals surface area contributed by atoms with Gasteiger partial charge in [-0.15, -0.1) is 0 Å². The molecule has 0 spiro atoms. The quantitative estimate of drug-likeness (QED) is 0.405. The van der Waals surface area contributed by atoms with Gasteiger partial charge in [0.05, 0.1) is 5.56 Å². The lowest BCUT2D eigenvalue weighted by Crippen LogP contribution is -2.29. The lowest BCUT2D eigenvalue weighted by atomic mass is 10.2. The van der Waals surface area contributed by atoms with Crippen LogP contribution in [0.3, 0.4) is 0 Å². The monoisotopic (exact) mass is 406 g/mol. The van der Waals surface area contributed by atoms with Crippen molar-refractivity contribution in [2.24, 2.45) is 0 Å². The second-order valence-electron chi connectivity index (χ2n) is 6.47. The van der Waals surface area contributed by atoms with E-state index in [1.807, 2.05) is 13.0 Å². The molecule has 3 heterocycles. The number of hydrogen-bond acceptors (Lipinski definition) is 7. The molecule has 3 N–H and O–H groups in total. The summed E-state index contributed by atoms with van der Waals surface area (Å²) >= 11 is 0. The molecule has 4 aromatic rings. The predicted octanol–water partition coefficient (Wildman–Crippen LogP) is 2.55. The molecule has 0 bridgehead atoms. The fraction of sp³-hybridized carbons (Fsp3) is 0.150. The SMILES string of the molecule is Cc1cc(NCCNC(=O)c2cccnc2Nc2cccc(F)c2)n2ncnc2n1. The highest BCUT2D eigenvalue weighted by molar-refractivity contribution is 5.99. The number of nitrogens with zero attached hydrogens (tertiary/aromatic N) is 5. The maximum absolute atomic E-state index is 13.4. The minimum atomic E-state index is -0.374. The molecule has 0 atom stereocenters. The average Bonchev–Trinajstić information content (AvgIpc) is 3.20. The molecule has 152 valence electrons. The molecule has 0 saturated heterocycles. The summed E-state index contributed by atoms with van der Waals surface area (Å²) < 4.78 is 15.0. The minimum absolute atomic E-state index is 0.291. The molecule has 0 saturated carbocycles. The molecule has 10 heteroatoms. The molecular formula is C20H19FN8O. The third kappa shape index (κ3) is 4.32. The van der Waals surface area contributed by atoms with E-state index in [9.17, 15) is 9.18 Å². The Morgan fingerprint density at radius 3 is 2.90 bits per heavy atom. The van der Waals surface area contributed by atoms with Gasteiger partial charge in [0.2, 0.25) is 0 Å². The van der Waals surface area contributed by atoms with Gasteiger partial charge in [0.1, 0.15) is 23.8 Å². The Hall–Kier alpha value is -4.08. The first kappa shape index (κ1) is 19.2. The van der Waals surface area contributed by atoms with Crippen molar-refractivity contribution in [3.05, 3.63) is 72.1 Å². The van der Waals surface area contributed by atoms with Gasteiger partial charge in [-0.2, -0.15) is 14.6 Å². The summed E-state index contributed by atoms with van der Waals surface area (Å²) in [5, 5.41) is 13.2. The number of carbonyl (C=O) groups is 1. The second kappa shape index (κ2) is 8.52. The fourth-order valence-corrected chi connectivity index (χ4v) is 2.91. The molecule has 30 heavy (non-hydrogen) atoms. The van der Waals surface area contributed by atoms with Gasteiger partial charge in [-0.05, 0) is 37.3 Å². The summed E-state index contributed by atoms with van der Waals surface area (Å²) in [5.41, 5.74) is 1.68. The summed E-state index contributed by atoms with van der Waals surface area (Å²) in [6.45, 7) is 2.71. The number of aromatic nitrogens is 5. The highest BCUT2D eigenvalue weighted by Gasteiger charge is 2.12. The largest absolute Gasteiger partial charge is 0.368 e. The number of hydrogen-bond donors (Lipinski definition) is 3. The number of halogens is 1. The fourth-order valence-electron chi connectivity index (χ4n) is 2.91. The molecule has 0 fully saturated rings. The van der Waals surface area contributed by atoms with E-state index in [1.54, 1.807) is 35.0 Å². The number of aryl methyl sites for hydroxylation is 1. The zero-order valence-corrected chi connectivity index (χ0v) is 16.1. The van der Waals surface area contributed by atoms with Crippen LogP contribution in [0.2, 0.25) is 0 Å². The molecule has 0 unspecified atom stereocenters. The van der Waals surface area contributed by atoms with Gasteiger partial charge >= 0.3 is 0 Å². The molecule has 4 rings (SSSR count). The third-order valence-electron chi connectivity index (χ3n) is 4.24. The third-order valence-corrected chi connectivity index (χ3v) is 4.24. The van der Waals surface area contributed by atoms with Gasteiger partial charge in [-0.3, -0.25) is 4.79 Å². The second-order valence-corrected chi connectivity index (χ2v) is 6.47. The number of carbonyl (C=O) groups excluding carboxylic acids is 1. The van der Waals surface area contributed by atoms with Gasteiger partial charge in [-0.1, -0.05) is 6.07 Å². The zero-order chi connectivity index (χ0) is 20.9. The first-order valence-corrected chi connectivity index (χ1v) is 9.27. The number of fused-ring (bicyclic) bond motifs is 1. The molecule has 0 aliphatic carbocycles. The van der Waals surface area contributed by atoms with Gasteiger partial charge in [-0.25, -0.2) is 14.4 Å². The van der Waals surface area contributed by atoms with E-state index in [1.165, 1.54) is 18.5 Å². The van der Waals surface area contributed by atoms with Crippen LogP contribution in [0.4, 0.5) is 21.7 Å². The van der Waals surface area contributed by atoms with E-state index < -0.39 is 0 Å². The molecule has 0 aliphatic rings. The van der Waals surface area contributed by atoms with Crippen LogP contribution in [0.1, 0.15) is 16.1 Å². The van der Waals surface area contributed by atoms with E-state index in [4.69, 9.17) is 0 Å². The van der Waals surface area contributed by atoms with Gasteiger partial charge in [0, 0.05) is 36.7 Å². The van der Waals surface area contributed by atoms with Gasteiger partial charge in [0.15, 0.2) is 0 Å². The van der Waals surface area contributed by atoms with Crippen LogP contribution in [0.25, 0.3) is 5.78 Å². The summed E-state index contributed by atoms with van der Waals surface area (Å²) in [6.07, 6.45) is 3.00. The standard InChI is InChI=1S/C20H19FN8O/c1-13-10-17(29-20(27-13)25-12-26-29)22-8-9-24-19(30)16-6-3-7-23-18(16)28-15-5-2-4-14(21)11-15/h2-7,10-12,22H,8-9H2,1H3,(H,23,28)(H,24,30). The van der Waals surface area contributed by atoms with Crippen molar-refractivity contribution in [1.29, 1.82) is 0 Å². The highest BCUT2D eigenvalue weighted by Crippen LogP contribution is 2.19. The lowest BCUT2D eigenvalue weighted by molar-refractivity contribution is 0.0955. The Balaban J connectivity index is 1.38. The van der Waals surface area contributed by atoms with Crippen molar-refractivity contribution < 1.29 is 9.18 Å². The Morgan fingerprint density at radius 2 is 2.03 bits per heavy atom. The Labute approximate surface area is 171 Å². The Bertz CT molecular complexity index is 1190. The van der Waals surface area contributed by atoms with Crippen molar-refractivity contribution >= 4 is 29.0 Å². The minimum Gasteiger partial charge on any atom is -0.368 e. The van der Waals surface area contributed by atoms with Crippen molar-refractivity contribution in [3.8, 4) is 0 Å². The molecular weight excluding hydrogens is 387 g/mol. The maximum Gasteiger partial charge on any atom is 0.255 e. The lowest BCUT2D eigenvalue weighted by Gasteiger charge is -2.12. The van der Waals surface area contributed by atoms with Crippen LogP contribution in [0.5, 0.6) is 0 Å².